The summed E-state index contributed by atoms with van der Waals surface area (Å²) in [7, 11) is 0. The van der Waals surface area contributed by atoms with Gasteiger partial charge in [0.1, 0.15) is 0 Å². The van der Waals surface area contributed by atoms with Crippen LogP contribution in [-0.2, 0) is 9.53 Å². The second-order valence-corrected chi connectivity index (χ2v) is 5.76. The number of carbonyl (C=O) groups excluding carboxylic acids is 1. The van der Waals surface area contributed by atoms with Gasteiger partial charge in [-0.3, -0.25) is 4.79 Å². The Balaban J connectivity index is 1.80. The van der Waals surface area contributed by atoms with Crippen LogP contribution in [0, 0.1) is 11.8 Å². The first-order valence-electron chi connectivity index (χ1n) is 6.53. The average Bonchev–Trinajstić information content (AvgIpc) is 3.01. The van der Waals surface area contributed by atoms with Gasteiger partial charge in [-0.1, -0.05) is 18.2 Å². The van der Waals surface area contributed by atoms with Crippen molar-refractivity contribution < 1.29 is 14.6 Å². The predicted octanol–water partition coefficient (Wildman–Crippen LogP) is 0.852. The molecule has 4 heteroatoms. The van der Waals surface area contributed by atoms with E-state index in [9.17, 15) is 9.90 Å². The fraction of sp³-hybridized carbons (Fsp3) is 0.500. The molecule has 0 aliphatic carbocycles. The van der Waals surface area contributed by atoms with E-state index in [0.717, 1.165) is 17.7 Å². The zero-order chi connectivity index (χ0) is 12.0. The number of aliphatic hydroxyl groups is 1. The first kappa shape index (κ1) is 9.53. The van der Waals surface area contributed by atoms with Gasteiger partial charge in [0.25, 0.3) is 0 Å². The van der Waals surface area contributed by atoms with Crippen molar-refractivity contribution in [3.05, 3.63) is 29.8 Å². The number of aliphatic hydroxyl groups excluding tert-OH is 1. The van der Waals surface area contributed by atoms with Crippen molar-refractivity contribution in [3.63, 3.8) is 0 Å². The van der Waals surface area contributed by atoms with Crippen molar-refractivity contribution in [3.8, 4) is 0 Å². The molecule has 5 rings (SSSR count). The molecular formula is C14H13NO3. The third-order valence-electron chi connectivity index (χ3n) is 5.11. The highest BCUT2D eigenvalue weighted by atomic mass is 16.5. The second-order valence-electron chi connectivity index (χ2n) is 5.76. The number of hydrogen-bond acceptors (Lipinski definition) is 3. The van der Waals surface area contributed by atoms with Gasteiger partial charge >= 0.3 is 0 Å². The topological polar surface area (TPSA) is 49.8 Å². The van der Waals surface area contributed by atoms with Crippen LogP contribution in [0.5, 0.6) is 0 Å². The highest BCUT2D eigenvalue weighted by molar-refractivity contribution is 6.01. The van der Waals surface area contributed by atoms with E-state index in [2.05, 4.69) is 0 Å². The largest absolute Gasteiger partial charge is 0.388 e. The molecular weight excluding hydrogens is 230 g/mol. The van der Waals surface area contributed by atoms with Crippen LogP contribution >= 0.6 is 0 Å². The second kappa shape index (κ2) is 2.78. The number of nitrogens with zero attached hydrogens (tertiary/aromatic N) is 1. The Morgan fingerprint density at radius 2 is 2.17 bits per heavy atom. The SMILES string of the molecule is O=C1[C@H]2CC3OC2[C@@H]2C3[C@@H](O)c3ccccc3N12. The van der Waals surface area contributed by atoms with E-state index >= 15 is 0 Å². The van der Waals surface area contributed by atoms with Gasteiger partial charge in [0.05, 0.1) is 30.3 Å². The van der Waals surface area contributed by atoms with E-state index in [1.165, 1.54) is 0 Å². The van der Waals surface area contributed by atoms with E-state index in [1.807, 2.05) is 29.2 Å². The molecule has 4 aliphatic heterocycles. The van der Waals surface area contributed by atoms with Gasteiger partial charge in [0, 0.05) is 17.2 Å². The van der Waals surface area contributed by atoms with Crippen molar-refractivity contribution in [2.24, 2.45) is 11.8 Å². The van der Waals surface area contributed by atoms with Gasteiger partial charge in [0.2, 0.25) is 5.91 Å². The van der Waals surface area contributed by atoms with Crippen LogP contribution in [0.15, 0.2) is 24.3 Å². The van der Waals surface area contributed by atoms with Gasteiger partial charge < -0.3 is 14.7 Å². The first-order chi connectivity index (χ1) is 8.77. The van der Waals surface area contributed by atoms with Crippen LogP contribution in [0.1, 0.15) is 18.1 Å². The quantitative estimate of drug-likeness (QED) is 0.735. The van der Waals surface area contributed by atoms with Crippen molar-refractivity contribution in [2.75, 3.05) is 4.90 Å². The molecule has 4 aliphatic rings. The molecule has 0 spiro atoms. The molecule has 18 heavy (non-hydrogen) atoms. The van der Waals surface area contributed by atoms with Gasteiger partial charge in [-0.25, -0.2) is 0 Å². The lowest BCUT2D eigenvalue weighted by molar-refractivity contribution is -0.120. The average molecular weight is 243 g/mol. The number of benzene rings is 1. The minimum Gasteiger partial charge on any atom is -0.388 e. The molecule has 1 amide bonds. The van der Waals surface area contributed by atoms with Crippen LogP contribution in [0.2, 0.25) is 0 Å². The van der Waals surface area contributed by atoms with Crippen LogP contribution in [-0.4, -0.2) is 29.3 Å². The molecule has 3 fully saturated rings. The minimum atomic E-state index is -0.496. The normalized spacial score (nSPS) is 46.7. The van der Waals surface area contributed by atoms with Crippen molar-refractivity contribution in [1.82, 2.24) is 0 Å². The fourth-order valence-electron chi connectivity index (χ4n) is 4.46. The Bertz CT molecular complexity index is 572. The number of fused-ring (bicyclic) bond motifs is 4. The first-order valence-corrected chi connectivity index (χ1v) is 6.53. The number of rotatable bonds is 0. The summed E-state index contributed by atoms with van der Waals surface area (Å²) in [6.45, 7) is 0. The summed E-state index contributed by atoms with van der Waals surface area (Å²) in [5.74, 6) is 0.275. The van der Waals surface area contributed by atoms with Gasteiger partial charge in [-0.15, -0.1) is 0 Å². The summed E-state index contributed by atoms with van der Waals surface area (Å²) in [6.07, 6.45) is 0.355. The third kappa shape index (κ3) is 0.815. The maximum atomic E-state index is 12.5. The van der Waals surface area contributed by atoms with Gasteiger partial charge in [-0.2, -0.15) is 0 Å². The standard InChI is InChI=1S/C14H13NO3/c16-12-6-3-1-2-4-8(6)15-11-10(12)9-5-7(14(15)17)13(11)18-9/h1-4,7,9-13,16H,5H2/t7-,9?,10?,11-,12-,13?/m0/s1. The molecule has 0 saturated carbocycles. The summed E-state index contributed by atoms with van der Waals surface area (Å²) in [4.78, 5) is 14.4. The summed E-state index contributed by atoms with van der Waals surface area (Å²) in [6, 6.07) is 7.76. The van der Waals surface area contributed by atoms with E-state index in [1.54, 1.807) is 0 Å². The Labute approximate surface area is 104 Å². The molecule has 0 radical (unpaired) electrons. The lowest BCUT2D eigenvalue weighted by Gasteiger charge is -2.39. The van der Waals surface area contributed by atoms with E-state index in [4.69, 9.17) is 4.74 Å². The Kier molecular flexibility index (Phi) is 1.47. The molecule has 1 aromatic carbocycles. The smallest absolute Gasteiger partial charge is 0.233 e. The number of carbonyl (C=O) groups is 1. The molecule has 1 aromatic rings. The Morgan fingerprint density at radius 1 is 1.33 bits per heavy atom. The number of ether oxygens (including phenoxy) is 1. The van der Waals surface area contributed by atoms with E-state index < -0.39 is 6.10 Å². The molecule has 1 N–H and O–H groups in total. The number of anilines is 1. The Hall–Kier alpha value is -1.39. The van der Waals surface area contributed by atoms with Gasteiger partial charge in [-0.05, 0) is 12.5 Å². The molecule has 3 saturated heterocycles. The Morgan fingerprint density at radius 3 is 3.06 bits per heavy atom. The summed E-state index contributed by atoms with van der Waals surface area (Å²) in [5, 5.41) is 10.6. The maximum Gasteiger partial charge on any atom is 0.233 e. The van der Waals surface area contributed by atoms with Crippen molar-refractivity contribution in [1.29, 1.82) is 0 Å². The van der Waals surface area contributed by atoms with Crippen molar-refractivity contribution in [2.45, 2.75) is 30.8 Å². The molecule has 6 atom stereocenters. The molecule has 0 aromatic heterocycles. The minimum absolute atomic E-state index is 0.00973. The van der Waals surface area contributed by atoms with E-state index in [0.29, 0.717) is 0 Å². The van der Waals surface area contributed by atoms with Crippen LogP contribution < -0.4 is 4.90 Å². The van der Waals surface area contributed by atoms with Gasteiger partial charge in [0.15, 0.2) is 0 Å². The lowest BCUT2D eigenvalue weighted by Crippen LogP contribution is -2.47. The maximum absolute atomic E-state index is 12.5. The third-order valence-corrected chi connectivity index (χ3v) is 5.11. The zero-order valence-corrected chi connectivity index (χ0v) is 9.69. The fourth-order valence-corrected chi connectivity index (χ4v) is 4.46. The molecule has 4 nitrogen and oxygen atoms in total. The molecule has 2 bridgehead atoms. The number of para-hydroxylation sites is 1. The zero-order valence-electron chi connectivity index (χ0n) is 9.69. The van der Waals surface area contributed by atoms with Crippen LogP contribution in [0.3, 0.4) is 0 Å². The van der Waals surface area contributed by atoms with Crippen LogP contribution in [0.25, 0.3) is 0 Å². The number of amides is 1. The molecule has 92 valence electrons. The predicted molar refractivity (Wildman–Crippen MR) is 62.9 cm³/mol. The van der Waals surface area contributed by atoms with Crippen LogP contribution in [0.4, 0.5) is 5.69 Å². The summed E-state index contributed by atoms with van der Waals surface area (Å²) in [5.41, 5.74) is 1.76. The highest BCUT2D eigenvalue weighted by Gasteiger charge is 2.68. The number of hydrogen-bond donors (Lipinski definition) is 1. The van der Waals surface area contributed by atoms with Crippen molar-refractivity contribution >= 4 is 11.6 Å². The molecule has 4 heterocycles. The monoisotopic (exact) mass is 243 g/mol. The summed E-state index contributed by atoms with van der Waals surface area (Å²) >= 11 is 0. The lowest BCUT2D eigenvalue weighted by atomic mass is 9.75. The summed E-state index contributed by atoms with van der Waals surface area (Å²) < 4.78 is 5.92. The highest BCUT2D eigenvalue weighted by Crippen LogP contribution is 2.58. The molecule has 3 unspecified atom stereocenters. The van der Waals surface area contributed by atoms with E-state index in [-0.39, 0.29) is 36.0 Å².